The van der Waals surface area contributed by atoms with Gasteiger partial charge in [0.05, 0.1) is 6.42 Å². The van der Waals surface area contributed by atoms with Crippen LogP contribution in [-0.2, 0) is 23.1 Å². The number of amides is 2. The van der Waals surface area contributed by atoms with Crippen molar-refractivity contribution >= 4 is 22.7 Å². The highest BCUT2D eigenvalue weighted by molar-refractivity contribution is 5.92. The minimum atomic E-state index is -0.825. The molecule has 3 N–H and O–H groups in total. The van der Waals surface area contributed by atoms with Gasteiger partial charge in [0.2, 0.25) is 11.8 Å². The second-order valence-corrected chi connectivity index (χ2v) is 5.77. The summed E-state index contributed by atoms with van der Waals surface area (Å²) in [7, 11) is 1.94. The van der Waals surface area contributed by atoms with Crippen molar-refractivity contribution in [1.29, 1.82) is 0 Å². The van der Waals surface area contributed by atoms with Crippen molar-refractivity contribution in [2.45, 2.75) is 12.5 Å². The van der Waals surface area contributed by atoms with E-state index in [1.165, 1.54) is 0 Å². The molecule has 5 nitrogen and oxygen atoms in total. The summed E-state index contributed by atoms with van der Waals surface area (Å²) in [6.45, 7) is 0. The van der Waals surface area contributed by atoms with Crippen LogP contribution in [0.25, 0.3) is 10.9 Å². The summed E-state index contributed by atoms with van der Waals surface area (Å²) in [5, 5.41) is 3.77. The summed E-state index contributed by atoms with van der Waals surface area (Å²) < 4.78 is 1.99. The quantitative estimate of drug-likeness (QED) is 0.754. The first-order valence-corrected chi connectivity index (χ1v) is 7.73. The van der Waals surface area contributed by atoms with E-state index >= 15 is 0 Å². The van der Waals surface area contributed by atoms with E-state index in [0.29, 0.717) is 5.56 Å². The van der Waals surface area contributed by atoms with Crippen LogP contribution in [-0.4, -0.2) is 16.4 Å². The zero-order valence-electron chi connectivity index (χ0n) is 13.4. The third-order valence-electron chi connectivity index (χ3n) is 4.05. The average molecular weight is 321 g/mol. The molecule has 2 amide bonds. The highest BCUT2D eigenvalue weighted by Crippen LogP contribution is 2.21. The smallest absolute Gasteiger partial charge is 0.244 e. The Kier molecular flexibility index (Phi) is 4.33. The van der Waals surface area contributed by atoms with Crippen molar-refractivity contribution in [1.82, 2.24) is 9.88 Å². The Labute approximate surface area is 140 Å². The maximum Gasteiger partial charge on any atom is 0.244 e. The monoisotopic (exact) mass is 321 g/mol. The fourth-order valence-corrected chi connectivity index (χ4v) is 2.92. The van der Waals surface area contributed by atoms with Crippen LogP contribution in [0, 0.1) is 0 Å². The van der Waals surface area contributed by atoms with Crippen LogP contribution in [0.3, 0.4) is 0 Å². The van der Waals surface area contributed by atoms with Crippen LogP contribution in [0.1, 0.15) is 17.2 Å². The Bertz CT molecular complexity index is 884. The lowest BCUT2D eigenvalue weighted by molar-refractivity contribution is -0.127. The van der Waals surface area contributed by atoms with Gasteiger partial charge in [0, 0.05) is 24.1 Å². The Balaban J connectivity index is 1.80. The maximum atomic E-state index is 12.4. The van der Waals surface area contributed by atoms with Gasteiger partial charge in [-0.2, -0.15) is 0 Å². The van der Waals surface area contributed by atoms with E-state index in [2.05, 4.69) is 5.32 Å². The Hall–Kier alpha value is -3.08. The molecule has 0 aliphatic carbocycles. The van der Waals surface area contributed by atoms with Crippen molar-refractivity contribution in [3.63, 3.8) is 0 Å². The van der Waals surface area contributed by atoms with Gasteiger partial charge in [0.1, 0.15) is 6.04 Å². The summed E-state index contributed by atoms with van der Waals surface area (Å²) >= 11 is 0. The standard InChI is InChI=1S/C19H19N3O2/c1-22-12-14(15-9-5-6-10-16(15)22)11-17(23)21-18(19(20)24)13-7-3-2-4-8-13/h2-10,12,18H,11H2,1H3,(H2,20,24)(H,21,23). The number of carbonyl (C=O) groups is 2. The van der Waals surface area contributed by atoms with Crippen LogP contribution in [0.15, 0.2) is 60.8 Å². The fraction of sp³-hybridized carbons (Fsp3) is 0.158. The molecule has 0 fully saturated rings. The van der Waals surface area contributed by atoms with Gasteiger partial charge in [0.25, 0.3) is 0 Å². The first kappa shape index (κ1) is 15.8. The van der Waals surface area contributed by atoms with E-state index in [4.69, 9.17) is 5.73 Å². The largest absolute Gasteiger partial charge is 0.368 e. The number of rotatable bonds is 5. The molecule has 0 spiro atoms. The molecule has 122 valence electrons. The topological polar surface area (TPSA) is 77.1 Å². The zero-order chi connectivity index (χ0) is 17.1. The second kappa shape index (κ2) is 6.58. The molecule has 1 aromatic heterocycles. The molecule has 0 radical (unpaired) electrons. The molecule has 0 saturated heterocycles. The van der Waals surface area contributed by atoms with Crippen molar-refractivity contribution < 1.29 is 9.59 Å². The Morgan fingerprint density at radius 2 is 1.75 bits per heavy atom. The van der Waals surface area contributed by atoms with Crippen molar-refractivity contribution in [2.75, 3.05) is 0 Å². The predicted molar refractivity (Wildman–Crippen MR) is 93.1 cm³/mol. The number of primary amides is 1. The van der Waals surface area contributed by atoms with Gasteiger partial charge in [-0.05, 0) is 17.2 Å². The Morgan fingerprint density at radius 1 is 1.08 bits per heavy atom. The fourth-order valence-electron chi connectivity index (χ4n) is 2.92. The van der Waals surface area contributed by atoms with E-state index in [0.717, 1.165) is 16.5 Å². The summed E-state index contributed by atoms with van der Waals surface area (Å²) in [6, 6.07) is 16.1. The van der Waals surface area contributed by atoms with Crippen LogP contribution in [0.2, 0.25) is 0 Å². The number of nitrogens with zero attached hydrogens (tertiary/aromatic N) is 1. The number of nitrogens with two attached hydrogens (primary N) is 1. The highest BCUT2D eigenvalue weighted by atomic mass is 16.2. The second-order valence-electron chi connectivity index (χ2n) is 5.77. The number of hydrogen-bond donors (Lipinski definition) is 2. The van der Waals surface area contributed by atoms with E-state index < -0.39 is 11.9 Å². The molecule has 5 heteroatoms. The van der Waals surface area contributed by atoms with Gasteiger partial charge in [-0.15, -0.1) is 0 Å². The first-order chi connectivity index (χ1) is 11.6. The van der Waals surface area contributed by atoms with Crippen molar-refractivity contribution in [3.8, 4) is 0 Å². The molecular formula is C19H19N3O2. The van der Waals surface area contributed by atoms with Crippen LogP contribution in [0.5, 0.6) is 0 Å². The molecule has 0 aliphatic heterocycles. The summed E-state index contributed by atoms with van der Waals surface area (Å²) in [4.78, 5) is 24.1. The summed E-state index contributed by atoms with van der Waals surface area (Å²) in [6.07, 6.45) is 2.13. The summed E-state index contributed by atoms with van der Waals surface area (Å²) in [5.74, 6) is -0.813. The lowest BCUT2D eigenvalue weighted by atomic mass is 10.1. The van der Waals surface area contributed by atoms with E-state index in [9.17, 15) is 9.59 Å². The minimum absolute atomic E-state index is 0.192. The third kappa shape index (κ3) is 3.15. The molecule has 24 heavy (non-hydrogen) atoms. The van der Waals surface area contributed by atoms with Gasteiger partial charge >= 0.3 is 0 Å². The van der Waals surface area contributed by atoms with Gasteiger partial charge in [0.15, 0.2) is 0 Å². The number of carbonyl (C=O) groups excluding carboxylic acids is 2. The van der Waals surface area contributed by atoms with Crippen molar-refractivity contribution in [3.05, 3.63) is 71.9 Å². The number of nitrogens with one attached hydrogen (secondary N) is 1. The molecule has 3 rings (SSSR count). The number of benzene rings is 2. The molecule has 0 saturated carbocycles. The predicted octanol–water partition coefficient (Wildman–Crippen LogP) is 2.06. The molecule has 3 aromatic rings. The highest BCUT2D eigenvalue weighted by Gasteiger charge is 2.20. The molecule has 0 aliphatic rings. The summed E-state index contributed by atoms with van der Waals surface area (Å²) in [5.41, 5.74) is 8.11. The number of aromatic nitrogens is 1. The molecular weight excluding hydrogens is 302 g/mol. The van der Waals surface area contributed by atoms with Crippen LogP contribution < -0.4 is 11.1 Å². The minimum Gasteiger partial charge on any atom is -0.368 e. The molecule has 0 bridgehead atoms. The maximum absolute atomic E-state index is 12.4. The number of hydrogen-bond acceptors (Lipinski definition) is 2. The van der Waals surface area contributed by atoms with E-state index in [1.54, 1.807) is 12.1 Å². The number of aryl methyl sites for hydroxylation is 1. The van der Waals surface area contributed by atoms with E-state index in [-0.39, 0.29) is 12.3 Å². The van der Waals surface area contributed by atoms with Gasteiger partial charge in [-0.25, -0.2) is 0 Å². The van der Waals surface area contributed by atoms with Gasteiger partial charge in [-0.1, -0.05) is 48.5 Å². The van der Waals surface area contributed by atoms with E-state index in [1.807, 2.05) is 60.3 Å². The lowest BCUT2D eigenvalue weighted by Crippen LogP contribution is -2.38. The third-order valence-corrected chi connectivity index (χ3v) is 4.05. The lowest BCUT2D eigenvalue weighted by Gasteiger charge is -2.15. The molecule has 1 atom stereocenters. The van der Waals surface area contributed by atoms with Crippen molar-refractivity contribution in [2.24, 2.45) is 12.8 Å². The van der Waals surface area contributed by atoms with Crippen LogP contribution >= 0.6 is 0 Å². The SMILES string of the molecule is Cn1cc(CC(=O)NC(C(N)=O)c2ccccc2)c2ccccc21. The van der Waals surface area contributed by atoms with Crippen LogP contribution in [0.4, 0.5) is 0 Å². The number of para-hydroxylation sites is 1. The Morgan fingerprint density at radius 3 is 2.46 bits per heavy atom. The molecule has 1 heterocycles. The molecule has 2 aromatic carbocycles. The van der Waals surface area contributed by atoms with Gasteiger partial charge in [-0.3, -0.25) is 9.59 Å². The normalized spacial score (nSPS) is 12.0. The first-order valence-electron chi connectivity index (χ1n) is 7.73. The molecule has 1 unspecified atom stereocenters. The zero-order valence-corrected chi connectivity index (χ0v) is 13.4. The average Bonchev–Trinajstić information content (AvgIpc) is 2.89. The number of fused-ring (bicyclic) bond motifs is 1. The van der Waals surface area contributed by atoms with Gasteiger partial charge < -0.3 is 15.6 Å².